The van der Waals surface area contributed by atoms with E-state index in [9.17, 15) is 4.79 Å². The minimum atomic E-state index is -0.0914. The van der Waals surface area contributed by atoms with E-state index in [1.54, 1.807) is 7.11 Å². The zero-order valence-corrected chi connectivity index (χ0v) is 8.54. The minimum Gasteiger partial charge on any atom is -0.382 e. The van der Waals surface area contributed by atoms with Crippen LogP contribution in [0.3, 0.4) is 0 Å². The second kappa shape index (κ2) is 6.75. The van der Waals surface area contributed by atoms with Crippen molar-refractivity contribution in [1.82, 2.24) is 10.8 Å². The number of amides is 1. The molecule has 82 valence electrons. The molecule has 1 atom stereocenters. The van der Waals surface area contributed by atoms with E-state index in [1.165, 1.54) is 0 Å². The van der Waals surface area contributed by atoms with Crippen LogP contribution in [-0.2, 0) is 14.4 Å². The van der Waals surface area contributed by atoms with Crippen molar-refractivity contribution in [3.63, 3.8) is 0 Å². The average molecular weight is 202 g/mol. The molecule has 1 rings (SSSR count). The maximum absolute atomic E-state index is 11.4. The van der Waals surface area contributed by atoms with E-state index in [0.717, 1.165) is 25.8 Å². The Balaban J connectivity index is 2.07. The van der Waals surface area contributed by atoms with E-state index < -0.39 is 0 Å². The molecule has 0 radical (unpaired) electrons. The number of rotatable bonds is 5. The first-order valence-corrected chi connectivity index (χ1v) is 4.98. The first-order valence-electron chi connectivity index (χ1n) is 4.98. The Hall–Kier alpha value is -0.650. The van der Waals surface area contributed by atoms with Crippen molar-refractivity contribution in [3.8, 4) is 0 Å². The van der Waals surface area contributed by atoms with Gasteiger partial charge in [0.1, 0.15) is 0 Å². The summed E-state index contributed by atoms with van der Waals surface area (Å²) in [5.41, 5.74) is 2.41. The molecule has 1 fully saturated rings. The van der Waals surface area contributed by atoms with Gasteiger partial charge >= 0.3 is 0 Å². The highest BCUT2D eigenvalue weighted by atomic mass is 16.7. The van der Waals surface area contributed by atoms with Gasteiger partial charge in [0.15, 0.2) is 0 Å². The van der Waals surface area contributed by atoms with Crippen LogP contribution in [0.4, 0.5) is 0 Å². The highest BCUT2D eigenvalue weighted by molar-refractivity contribution is 5.80. The Bertz CT molecular complexity index is 169. The zero-order valence-electron chi connectivity index (χ0n) is 8.54. The van der Waals surface area contributed by atoms with E-state index in [-0.39, 0.29) is 11.9 Å². The van der Waals surface area contributed by atoms with Crippen molar-refractivity contribution < 1.29 is 14.4 Å². The topological polar surface area (TPSA) is 59.6 Å². The van der Waals surface area contributed by atoms with Gasteiger partial charge in [-0.05, 0) is 19.4 Å². The number of hydrogen-bond acceptors (Lipinski definition) is 4. The lowest BCUT2D eigenvalue weighted by Gasteiger charge is -2.22. The molecule has 1 aliphatic rings. The molecule has 0 bridgehead atoms. The van der Waals surface area contributed by atoms with Gasteiger partial charge in [-0.2, -0.15) is 0 Å². The normalized spacial score (nSPS) is 21.9. The molecule has 0 spiro atoms. The van der Waals surface area contributed by atoms with Gasteiger partial charge in [0.05, 0.1) is 19.3 Å². The summed E-state index contributed by atoms with van der Waals surface area (Å²) >= 11 is 0. The van der Waals surface area contributed by atoms with Crippen molar-refractivity contribution in [3.05, 3.63) is 0 Å². The van der Waals surface area contributed by atoms with Crippen molar-refractivity contribution in [1.29, 1.82) is 0 Å². The van der Waals surface area contributed by atoms with Crippen LogP contribution in [0.15, 0.2) is 0 Å². The molecule has 1 amide bonds. The highest BCUT2D eigenvalue weighted by Gasteiger charge is 2.20. The number of carbonyl (C=O) groups is 1. The number of methoxy groups -OCH3 is 1. The second-order valence-electron chi connectivity index (χ2n) is 3.31. The van der Waals surface area contributed by atoms with Gasteiger partial charge < -0.3 is 10.1 Å². The van der Waals surface area contributed by atoms with Gasteiger partial charge in [-0.15, -0.1) is 0 Å². The minimum absolute atomic E-state index is 0.0826. The largest absolute Gasteiger partial charge is 0.382 e. The molecule has 0 saturated carbocycles. The van der Waals surface area contributed by atoms with E-state index in [1.807, 2.05) is 0 Å². The fourth-order valence-electron chi connectivity index (χ4n) is 1.39. The molecule has 1 saturated heterocycles. The molecule has 5 nitrogen and oxygen atoms in total. The van der Waals surface area contributed by atoms with Gasteiger partial charge in [0, 0.05) is 7.11 Å². The first kappa shape index (κ1) is 11.4. The average Bonchev–Trinajstić information content (AvgIpc) is 2.25. The van der Waals surface area contributed by atoms with Crippen LogP contribution in [0.5, 0.6) is 0 Å². The summed E-state index contributed by atoms with van der Waals surface area (Å²) in [7, 11) is 1.59. The third-order valence-electron chi connectivity index (χ3n) is 2.19. The lowest BCUT2D eigenvalue weighted by Crippen LogP contribution is -2.46. The summed E-state index contributed by atoms with van der Waals surface area (Å²) in [5, 5.41) is 3.14. The molecule has 0 aliphatic carbocycles. The molecule has 0 unspecified atom stereocenters. The zero-order chi connectivity index (χ0) is 10.2. The van der Waals surface area contributed by atoms with Crippen LogP contribution in [0.2, 0.25) is 0 Å². The SMILES string of the molecule is COCCONC(=O)[C@@H]1CCCCN1. The van der Waals surface area contributed by atoms with Gasteiger partial charge in [-0.3, -0.25) is 9.63 Å². The van der Waals surface area contributed by atoms with Crippen LogP contribution in [0, 0.1) is 0 Å². The Morgan fingerprint density at radius 1 is 1.50 bits per heavy atom. The number of piperidine rings is 1. The summed E-state index contributed by atoms with van der Waals surface area (Å²) < 4.78 is 4.78. The first-order chi connectivity index (χ1) is 6.84. The summed E-state index contributed by atoms with van der Waals surface area (Å²) in [6, 6.07) is -0.0914. The molecule has 0 aromatic heterocycles. The molecular weight excluding hydrogens is 184 g/mol. The molecular formula is C9H18N2O3. The summed E-state index contributed by atoms with van der Waals surface area (Å²) in [4.78, 5) is 16.3. The van der Waals surface area contributed by atoms with Crippen LogP contribution >= 0.6 is 0 Å². The lowest BCUT2D eigenvalue weighted by atomic mass is 10.1. The molecule has 1 heterocycles. The number of hydroxylamine groups is 1. The van der Waals surface area contributed by atoms with Crippen LogP contribution in [0.25, 0.3) is 0 Å². The molecule has 0 aromatic carbocycles. The quantitative estimate of drug-likeness (QED) is 0.480. The second-order valence-corrected chi connectivity index (χ2v) is 3.31. The Kier molecular flexibility index (Phi) is 5.51. The number of carbonyl (C=O) groups excluding carboxylic acids is 1. The smallest absolute Gasteiger partial charge is 0.260 e. The lowest BCUT2D eigenvalue weighted by molar-refractivity contribution is -0.137. The fourth-order valence-corrected chi connectivity index (χ4v) is 1.39. The summed E-state index contributed by atoms with van der Waals surface area (Å²) in [5.74, 6) is -0.0826. The van der Waals surface area contributed by atoms with Crippen molar-refractivity contribution in [2.45, 2.75) is 25.3 Å². The maximum Gasteiger partial charge on any atom is 0.260 e. The van der Waals surface area contributed by atoms with Crippen molar-refractivity contribution >= 4 is 5.91 Å². The van der Waals surface area contributed by atoms with Gasteiger partial charge in [-0.25, -0.2) is 5.48 Å². The fraction of sp³-hybridized carbons (Fsp3) is 0.889. The van der Waals surface area contributed by atoms with Crippen molar-refractivity contribution in [2.24, 2.45) is 0 Å². The molecule has 1 aliphatic heterocycles. The Morgan fingerprint density at radius 2 is 2.36 bits per heavy atom. The number of ether oxygens (including phenoxy) is 1. The Morgan fingerprint density at radius 3 is 3.00 bits per heavy atom. The van der Waals surface area contributed by atoms with Crippen LogP contribution in [0.1, 0.15) is 19.3 Å². The molecule has 2 N–H and O–H groups in total. The molecule has 14 heavy (non-hydrogen) atoms. The van der Waals surface area contributed by atoms with Gasteiger partial charge in [0.25, 0.3) is 5.91 Å². The monoisotopic (exact) mass is 202 g/mol. The predicted molar refractivity (Wildman–Crippen MR) is 51.6 cm³/mol. The number of nitrogens with one attached hydrogen (secondary N) is 2. The van der Waals surface area contributed by atoms with Crippen LogP contribution < -0.4 is 10.8 Å². The van der Waals surface area contributed by atoms with E-state index in [0.29, 0.717) is 13.2 Å². The maximum atomic E-state index is 11.4. The standard InChI is InChI=1S/C9H18N2O3/c1-13-6-7-14-11-9(12)8-4-2-3-5-10-8/h8,10H,2-7H2,1H3,(H,11,12)/t8-/m0/s1. The van der Waals surface area contributed by atoms with Gasteiger partial charge in [0.2, 0.25) is 0 Å². The molecule has 0 aromatic rings. The predicted octanol–water partition coefficient (Wildman–Crippen LogP) is -0.177. The summed E-state index contributed by atoms with van der Waals surface area (Å²) in [6.45, 7) is 1.78. The van der Waals surface area contributed by atoms with E-state index in [4.69, 9.17) is 9.57 Å². The van der Waals surface area contributed by atoms with Crippen LogP contribution in [-0.4, -0.2) is 38.8 Å². The third kappa shape index (κ3) is 4.04. The van der Waals surface area contributed by atoms with E-state index >= 15 is 0 Å². The third-order valence-corrected chi connectivity index (χ3v) is 2.19. The highest BCUT2D eigenvalue weighted by Crippen LogP contribution is 2.06. The van der Waals surface area contributed by atoms with Crippen molar-refractivity contribution in [2.75, 3.05) is 26.9 Å². The van der Waals surface area contributed by atoms with Gasteiger partial charge in [-0.1, -0.05) is 6.42 Å². The number of hydrogen-bond donors (Lipinski definition) is 2. The summed E-state index contributed by atoms with van der Waals surface area (Å²) in [6.07, 6.45) is 3.14. The molecule has 5 heteroatoms. The Labute approximate surface area is 84.1 Å². The van der Waals surface area contributed by atoms with E-state index in [2.05, 4.69) is 10.8 Å².